The molecule has 96 valence electrons. The lowest BCUT2D eigenvalue weighted by atomic mass is 10.3. The number of carbonyl (C=O) groups excluding carboxylic acids is 1. The molecule has 1 amide bonds. The summed E-state index contributed by atoms with van der Waals surface area (Å²) in [5.74, 6) is 0.0582. The van der Waals surface area contributed by atoms with Crippen molar-refractivity contribution in [2.45, 2.75) is 6.42 Å². The molecule has 1 heterocycles. The predicted octanol–water partition coefficient (Wildman–Crippen LogP) is 1.30. The largest absolute Gasteiger partial charge is 0.423 e. The van der Waals surface area contributed by atoms with E-state index in [1.807, 2.05) is 0 Å². The number of aromatic nitrogens is 1. The topological polar surface area (TPSA) is 84.4 Å². The number of benzene rings is 1. The van der Waals surface area contributed by atoms with Crippen LogP contribution in [0.5, 0.6) is 0 Å². The van der Waals surface area contributed by atoms with Gasteiger partial charge in [0.15, 0.2) is 5.58 Å². The average Bonchev–Trinajstić information content (AvgIpc) is 2.70. The van der Waals surface area contributed by atoms with Gasteiger partial charge >= 0.3 is 0 Å². The van der Waals surface area contributed by atoms with Crippen molar-refractivity contribution in [3.63, 3.8) is 0 Å². The van der Waals surface area contributed by atoms with Crippen molar-refractivity contribution < 1.29 is 9.21 Å². The van der Waals surface area contributed by atoms with Crippen molar-refractivity contribution in [3.8, 4) is 0 Å². The van der Waals surface area contributed by atoms with Crippen LogP contribution in [0.15, 0.2) is 22.6 Å². The quantitative estimate of drug-likeness (QED) is 0.797. The first-order valence-corrected chi connectivity index (χ1v) is 5.66. The van der Waals surface area contributed by atoms with Gasteiger partial charge in [-0.05, 0) is 12.1 Å². The first-order chi connectivity index (χ1) is 8.56. The highest BCUT2D eigenvalue weighted by Gasteiger charge is 2.07. The van der Waals surface area contributed by atoms with Crippen molar-refractivity contribution in [2.75, 3.05) is 31.7 Å². The summed E-state index contributed by atoms with van der Waals surface area (Å²) >= 11 is 0. The molecule has 2 rings (SSSR count). The lowest BCUT2D eigenvalue weighted by molar-refractivity contribution is -0.128. The first kappa shape index (κ1) is 12.2. The van der Waals surface area contributed by atoms with Crippen LogP contribution < -0.4 is 11.1 Å². The smallest absolute Gasteiger partial charge is 0.295 e. The van der Waals surface area contributed by atoms with E-state index < -0.39 is 0 Å². The van der Waals surface area contributed by atoms with E-state index >= 15 is 0 Å². The van der Waals surface area contributed by atoms with Crippen LogP contribution >= 0.6 is 0 Å². The van der Waals surface area contributed by atoms with E-state index in [-0.39, 0.29) is 5.91 Å². The van der Waals surface area contributed by atoms with Crippen LogP contribution in [0.25, 0.3) is 11.1 Å². The number of rotatable bonds is 4. The molecule has 6 nitrogen and oxygen atoms in total. The van der Waals surface area contributed by atoms with E-state index in [2.05, 4.69) is 10.3 Å². The zero-order valence-electron chi connectivity index (χ0n) is 10.4. The van der Waals surface area contributed by atoms with Crippen molar-refractivity contribution in [1.82, 2.24) is 9.88 Å². The predicted molar refractivity (Wildman–Crippen MR) is 70.2 cm³/mol. The van der Waals surface area contributed by atoms with Crippen molar-refractivity contribution >= 4 is 28.7 Å². The Morgan fingerprint density at radius 3 is 3.00 bits per heavy atom. The number of nitrogens with two attached hydrogens (primary N) is 1. The summed E-state index contributed by atoms with van der Waals surface area (Å²) < 4.78 is 5.46. The Morgan fingerprint density at radius 1 is 1.50 bits per heavy atom. The third-order valence-corrected chi connectivity index (χ3v) is 2.53. The molecule has 0 radical (unpaired) electrons. The molecule has 2 aromatic rings. The molecular formula is C12H16N4O2. The van der Waals surface area contributed by atoms with E-state index in [1.54, 1.807) is 37.2 Å². The van der Waals surface area contributed by atoms with Crippen LogP contribution in [-0.4, -0.2) is 36.4 Å². The summed E-state index contributed by atoms with van der Waals surface area (Å²) in [5.41, 5.74) is 7.66. The number of oxazole rings is 1. The second-order valence-corrected chi connectivity index (χ2v) is 4.21. The van der Waals surface area contributed by atoms with Gasteiger partial charge in [-0.15, -0.1) is 0 Å². The van der Waals surface area contributed by atoms with Crippen molar-refractivity contribution in [2.24, 2.45) is 0 Å². The normalized spacial score (nSPS) is 10.6. The van der Waals surface area contributed by atoms with E-state index in [4.69, 9.17) is 10.2 Å². The summed E-state index contributed by atoms with van der Waals surface area (Å²) in [6.07, 6.45) is 0.397. The minimum absolute atomic E-state index is 0.0582. The summed E-state index contributed by atoms with van der Waals surface area (Å²) in [5, 5.41) is 2.97. The molecule has 3 N–H and O–H groups in total. The maximum absolute atomic E-state index is 11.4. The van der Waals surface area contributed by atoms with E-state index in [0.29, 0.717) is 30.3 Å². The van der Waals surface area contributed by atoms with E-state index in [0.717, 1.165) is 5.52 Å². The third kappa shape index (κ3) is 2.71. The Hall–Kier alpha value is -2.24. The molecule has 1 aromatic heterocycles. The molecule has 6 heteroatoms. The molecular weight excluding hydrogens is 232 g/mol. The van der Waals surface area contributed by atoms with Crippen LogP contribution in [0.3, 0.4) is 0 Å². The summed E-state index contributed by atoms with van der Waals surface area (Å²) in [7, 11) is 3.45. The lowest BCUT2D eigenvalue weighted by Gasteiger charge is -2.09. The van der Waals surface area contributed by atoms with Gasteiger partial charge in [-0.1, -0.05) is 0 Å². The highest BCUT2D eigenvalue weighted by atomic mass is 16.4. The van der Waals surface area contributed by atoms with Crippen LogP contribution in [0.1, 0.15) is 6.42 Å². The Labute approximate surface area is 105 Å². The van der Waals surface area contributed by atoms with Gasteiger partial charge in [0, 0.05) is 38.8 Å². The zero-order chi connectivity index (χ0) is 13.1. The number of hydrogen-bond acceptors (Lipinski definition) is 5. The molecule has 0 spiro atoms. The minimum atomic E-state index is 0.0582. The fourth-order valence-electron chi connectivity index (χ4n) is 1.52. The second kappa shape index (κ2) is 4.95. The number of fused-ring (bicyclic) bond motifs is 1. The van der Waals surface area contributed by atoms with E-state index in [1.165, 1.54) is 0 Å². The van der Waals surface area contributed by atoms with Gasteiger partial charge in [0.1, 0.15) is 5.52 Å². The first-order valence-electron chi connectivity index (χ1n) is 5.66. The molecule has 0 saturated carbocycles. The maximum atomic E-state index is 11.4. The van der Waals surface area contributed by atoms with Crippen molar-refractivity contribution in [1.29, 1.82) is 0 Å². The molecule has 0 aliphatic heterocycles. The standard InChI is InChI=1S/C12H16N4O2/c1-16(2)11(17)5-6-14-12-15-9-4-3-8(13)7-10(9)18-12/h3-4,7H,5-6,13H2,1-2H3,(H,14,15). The Balaban J connectivity index is 1.98. The van der Waals surface area contributed by atoms with Gasteiger partial charge in [0.05, 0.1) is 0 Å². The summed E-state index contributed by atoms with van der Waals surface area (Å²) in [4.78, 5) is 17.2. The highest BCUT2D eigenvalue weighted by molar-refractivity contribution is 5.78. The van der Waals surface area contributed by atoms with Crippen LogP contribution in [-0.2, 0) is 4.79 Å². The third-order valence-electron chi connectivity index (χ3n) is 2.53. The number of amides is 1. The van der Waals surface area contributed by atoms with Gasteiger partial charge in [0.25, 0.3) is 6.01 Å². The van der Waals surface area contributed by atoms with Crippen LogP contribution in [0.4, 0.5) is 11.7 Å². The number of nitrogen functional groups attached to an aromatic ring is 1. The number of nitrogens with zero attached hydrogens (tertiary/aromatic N) is 2. The molecule has 0 fully saturated rings. The number of carbonyl (C=O) groups is 1. The zero-order valence-corrected chi connectivity index (χ0v) is 10.4. The summed E-state index contributed by atoms with van der Waals surface area (Å²) in [6, 6.07) is 5.69. The second-order valence-electron chi connectivity index (χ2n) is 4.21. The van der Waals surface area contributed by atoms with E-state index in [9.17, 15) is 4.79 Å². The Morgan fingerprint density at radius 2 is 2.28 bits per heavy atom. The maximum Gasteiger partial charge on any atom is 0.295 e. The number of nitrogens with one attached hydrogen (secondary N) is 1. The van der Waals surface area contributed by atoms with Crippen molar-refractivity contribution in [3.05, 3.63) is 18.2 Å². The molecule has 0 aliphatic carbocycles. The SMILES string of the molecule is CN(C)C(=O)CCNc1nc2ccc(N)cc2o1. The Bertz CT molecular complexity index is 562. The van der Waals surface area contributed by atoms with Gasteiger partial charge in [-0.25, -0.2) is 0 Å². The molecule has 0 unspecified atom stereocenters. The molecule has 0 atom stereocenters. The molecule has 18 heavy (non-hydrogen) atoms. The molecule has 0 aliphatic rings. The lowest BCUT2D eigenvalue weighted by Crippen LogP contribution is -2.23. The monoisotopic (exact) mass is 248 g/mol. The fraction of sp³-hybridized carbons (Fsp3) is 0.333. The average molecular weight is 248 g/mol. The van der Waals surface area contributed by atoms with Gasteiger partial charge in [-0.3, -0.25) is 4.79 Å². The van der Waals surface area contributed by atoms with Crippen LogP contribution in [0, 0.1) is 0 Å². The number of anilines is 2. The van der Waals surface area contributed by atoms with Crippen LogP contribution in [0.2, 0.25) is 0 Å². The molecule has 0 bridgehead atoms. The van der Waals surface area contributed by atoms with Gasteiger partial charge in [0.2, 0.25) is 5.91 Å². The fourth-order valence-corrected chi connectivity index (χ4v) is 1.52. The van der Waals surface area contributed by atoms with Gasteiger partial charge in [-0.2, -0.15) is 4.98 Å². The number of hydrogen-bond donors (Lipinski definition) is 2. The Kier molecular flexibility index (Phi) is 3.36. The van der Waals surface area contributed by atoms with Gasteiger partial charge < -0.3 is 20.4 Å². The molecule has 1 aromatic carbocycles. The minimum Gasteiger partial charge on any atom is -0.423 e. The summed E-state index contributed by atoms with van der Waals surface area (Å²) in [6.45, 7) is 0.485. The highest BCUT2D eigenvalue weighted by Crippen LogP contribution is 2.20. The molecule has 0 saturated heterocycles.